The summed E-state index contributed by atoms with van der Waals surface area (Å²) in [6.07, 6.45) is 0. The summed E-state index contributed by atoms with van der Waals surface area (Å²) in [4.78, 5) is 0. The summed E-state index contributed by atoms with van der Waals surface area (Å²) in [5.41, 5.74) is 3.42. The van der Waals surface area contributed by atoms with Gasteiger partial charge in [0.2, 0.25) is 0 Å². The van der Waals surface area contributed by atoms with E-state index in [0.717, 1.165) is 0 Å². The van der Waals surface area contributed by atoms with Gasteiger partial charge in [0.15, 0.2) is 0 Å². The molecule has 0 saturated carbocycles. The van der Waals surface area contributed by atoms with Crippen LogP contribution < -0.4 is 0 Å². The number of rotatable bonds is 0. The van der Waals surface area contributed by atoms with Gasteiger partial charge in [-0.05, 0) is 0 Å². The molecule has 0 nitrogen and oxygen atoms in total. The number of hydrogen-bond acceptors (Lipinski definition) is 0. The van der Waals surface area contributed by atoms with Crippen LogP contribution >= 0.6 is 0 Å². The van der Waals surface area contributed by atoms with Crippen LogP contribution in [-0.2, 0) is 0 Å². The van der Waals surface area contributed by atoms with Crippen LogP contribution in [0.3, 0.4) is 0 Å². The Kier molecular flexibility index (Phi) is 1.58. The van der Waals surface area contributed by atoms with Crippen LogP contribution in [-0.4, -0.2) is 15.4 Å². The van der Waals surface area contributed by atoms with E-state index < -0.39 is 0 Å². The first kappa shape index (κ1) is 5.42. The third kappa shape index (κ3) is 1.09. The van der Waals surface area contributed by atoms with Crippen molar-refractivity contribution in [3.8, 4) is 0 Å². The molecule has 0 spiro atoms. The molecule has 0 aromatic rings. The van der Waals surface area contributed by atoms with Gasteiger partial charge in [-0.25, -0.2) is 0 Å². The molecule has 0 aromatic carbocycles. The molecule has 40 valence electrons. The van der Waals surface area contributed by atoms with Gasteiger partial charge in [-0.15, -0.1) is 0 Å². The van der Waals surface area contributed by atoms with Gasteiger partial charge in [0, 0.05) is 0 Å². The van der Waals surface area contributed by atoms with E-state index >= 15 is 0 Å². The zero-order valence-corrected chi connectivity index (χ0v) is 8.09. The number of allylic oxidation sites excluding steroid dienone is 2. The quantitative estimate of drug-likeness (QED) is 0.367. The molecule has 0 unspecified atom stereocenters. The van der Waals surface area contributed by atoms with E-state index in [1.165, 1.54) is 0 Å². The summed E-state index contributed by atoms with van der Waals surface area (Å²) in [6, 6.07) is 0. The van der Waals surface area contributed by atoms with Gasteiger partial charge in [0.25, 0.3) is 0 Å². The van der Waals surface area contributed by atoms with Crippen LogP contribution in [0.25, 0.3) is 0 Å². The molecular formula is C6H12Ge. The van der Waals surface area contributed by atoms with E-state index in [0.29, 0.717) is 0 Å². The summed E-state index contributed by atoms with van der Waals surface area (Å²) >= 11 is 0.0150. The van der Waals surface area contributed by atoms with Crippen molar-refractivity contribution in [1.82, 2.24) is 0 Å². The van der Waals surface area contributed by atoms with Gasteiger partial charge < -0.3 is 0 Å². The Morgan fingerprint density at radius 2 is 1.57 bits per heavy atom. The van der Waals surface area contributed by atoms with E-state index in [-0.39, 0.29) is 15.4 Å². The standard InChI is InChI=1S/C6H12Ge/c1-5-3-7-4-6(5)2/h3-4,7H2,1-2H3. The van der Waals surface area contributed by atoms with Gasteiger partial charge in [-0.1, -0.05) is 0 Å². The zero-order chi connectivity index (χ0) is 5.28. The van der Waals surface area contributed by atoms with Crippen molar-refractivity contribution in [2.75, 3.05) is 0 Å². The number of hydrogen-bond donors (Lipinski definition) is 0. The molecule has 1 heteroatoms. The van der Waals surface area contributed by atoms with Gasteiger partial charge in [0.1, 0.15) is 0 Å². The van der Waals surface area contributed by atoms with Gasteiger partial charge >= 0.3 is 50.9 Å². The fourth-order valence-electron chi connectivity index (χ4n) is 1.05. The van der Waals surface area contributed by atoms with Crippen molar-refractivity contribution in [3.05, 3.63) is 11.1 Å². The van der Waals surface area contributed by atoms with Gasteiger partial charge in [0.05, 0.1) is 0 Å². The summed E-state index contributed by atoms with van der Waals surface area (Å²) in [5, 5.41) is 3.08. The summed E-state index contributed by atoms with van der Waals surface area (Å²) in [6.45, 7) is 4.57. The van der Waals surface area contributed by atoms with E-state index in [2.05, 4.69) is 13.8 Å². The topological polar surface area (TPSA) is 0 Å². The maximum absolute atomic E-state index is 2.29. The molecular weight excluding hydrogens is 145 g/mol. The van der Waals surface area contributed by atoms with Crippen molar-refractivity contribution >= 4 is 15.4 Å². The Morgan fingerprint density at radius 1 is 1.14 bits per heavy atom. The first-order valence-corrected chi connectivity index (χ1v) is 7.15. The molecule has 0 atom stereocenters. The van der Waals surface area contributed by atoms with Gasteiger partial charge in [-0.3, -0.25) is 0 Å². The molecule has 0 fully saturated rings. The molecule has 0 aliphatic carbocycles. The molecule has 0 radical (unpaired) electrons. The Labute approximate surface area is 51.5 Å². The first-order chi connectivity index (χ1) is 3.30. The SMILES string of the molecule is CC1=C(C)[CH2][GeH2][CH2]1. The van der Waals surface area contributed by atoms with Crippen molar-refractivity contribution in [1.29, 1.82) is 0 Å². The summed E-state index contributed by atoms with van der Waals surface area (Å²) < 4.78 is 0. The normalized spacial score (nSPS) is 21.4. The van der Waals surface area contributed by atoms with Crippen LogP contribution in [0.5, 0.6) is 0 Å². The minimum atomic E-state index is 0.0150. The average Bonchev–Trinajstić information content (AvgIpc) is 1.91. The Hall–Kier alpha value is 0.283. The predicted molar refractivity (Wildman–Crippen MR) is 36.5 cm³/mol. The van der Waals surface area contributed by atoms with Crippen molar-refractivity contribution < 1.29 is 0 Å². The minimum absolute atomic E-state index is 0.0150. The summed E-state index contributed by atoms with van der Waals surface area (Å²) in [5.74, 6) is 0. The molecule has 0 saturated heterocycles. The molecule has 1 aliphatic heterocycles. The van der Waals surface area contributed by atoms with E-state index in [9.17, 15) is 0 Å². The average molecular weight is 157 g/mol. The van der Waals surface area contributed by atoms with Crippen molar-refractivity contribution in [3.63, 3.8) is 0 Å². The van der Waals surface area contributed by atoms with Crippen LogP contribution in [0.15, 0.2) is 11.1 Å². The van der Waals surface area contributed by atoms with Crippen LogP contribution in [0.1, 0.15) is 13.8 Å². The van der Waals surface area contributed by atoms with E-state index in [1.807, 2.05) is 0 Å². The third-order valence-corrected chi connectivity index (χ3v) is 6.46. The maximum atomic E-state index is 2.29. The monoisotopic (exact) mass is 158 g/mol. The van der Waals surface area contributed by atoms with E-state index in [1.54, 1.807) is 21.7 Å². The zero-order valence-electron chi connectivity index (χ0n) is 5.12. The van der Waals surface area contributed by atoms with Crippen LogP contribution in [0.2, 0.25) is 10.5 Å². The van der Waals surface area contributed by atoms with Crippen LogP contribution in [0, 0.1) is 0 Å². The molecule has 0 N–H and O–H groups in total. The second-order valence-corrected chi connectivity index (χ2v) is 6.00. The Morgan fingerprint density at radius 3 is 1.71 bits per heavy atom. The molecule has 0 aromatic heterocycles. The Bertz CT molecular complexity index is 90.7. The fourth-order valence-corrected chi connectivity index (χ4v) is 5.43. The Balaban J connectivity index is 2.64. The molecule has 1 rings (SSSR count). The summed E-state index contributed by atoms with van der Waals surface area (Å²) in [7, 11) is 0. The second-order valence-electron chi connectivity index (χ2n) is 2.41. The van der Waals surface area contributed by atoms with Gasteiger partial charge in [-0.2, -0.15) is 0 Å². The van der Waals surface area contributed by atoms with Crippen molar-refractivity contribution in [2.24, 2.45) is 0 Å². The van der Waals surface area contributed by atoms with Crippen molar-refractivity contribution in [2.45, 2.75) is 24.4 Å². The molecule has 7 heavy (non-hydrogen) atoms. The molecule has 0 bridgehead atoms. The van der Waals surface area contributed by atoms with Crippen LogP contribution in [0.4, 0.5) is 0 Å². The molecule has 0 amide bonds. The van der Waals surface area contributed by atoms with E-state index in [4.69, 9.17) is 0 Å². The third-order valence-electron chi connectivity index (χ3n) is 1.83. The first-order valence-electron chi connectivity index (χ1n) is 2.96. The predicted octanol–water partition coefficient (Wildman–Crippen LogP) is 1.34. The molecule has 1 heterocycles. The fraction of sp³-hybridized carbons (Fsp3) is 0.667. The second kappa shape index (κ2) is 2.03. The molecule has 1 aliphatic rings.